The molecule has 62 heavy (non-hydrogen) atoms. The Balaban J connectivity index is 0.976. The van der Waals surface area contributed by atoms with Crippen molar-refractivity contribution in [3.8, 4) is 27.8 Å². The van der Waals surface area contributed by atoms with E-state index in [4.69, 9.17) is 21.1 Å². The van der Waals surface area contributed by atoms with E-state index in [0.717, 1.165) is 37.2 Å². The van der Waals surface area contributed by atoms with Crippen molar-refractivity contribution in [2.75, 3.05) is 9.80 Å². The Bertz CT molecular complexity index is 3110. The topological polar surface area (TPSA) is 139 Å². The van der Waals surface area contributed by atoms with E-state index in [-0.39, 0.29) is 35.8 Å². The number of oxazole rings is 1. The minimum absolute atomic E-state index is 0.159. The third-order valence-electron chi connectivity index (χ3n) is 14.0. The van der Waals surface area contributed by atoms with Crippen LogP contribution in [0, 0.1) is 49.9 Å². The lowest BCUT2D eigenvalue weighted by Crippen LogP contribution is -2.49. The number of carbonyl (C=O) groups excluding carboxylic acids is 4. The first-order valence-electron chi connectivity index (χ1n) is 20.7. The zero-order valence-electron chi connectivity index (χ0n) is 34.5. The zero-order chi connectivity index (χ0) is 43.1. The monoisotopic (exact) mass is 861 g/mol. The summed E-state index contributed by atoms with van der Waals surface area (Å²) in [5.74, 6) is -3.71. The number of rotatable bonds is 5. The van der Waals surface area contributed by atoms with E-state index in [1.807, 2.05) is 88.4 Å². The van der Waals surface area contributed by atoms with Gasteiger partial charge in [0.1, 0.15) is 22.8 Å². The number of hydrogen-bond donors (Lipinski definition) is 1. The molecule has 4 aliphatic rings. The number of imide groups is 2. The number of fused-ring (bicyclic) bond motifs is 6. The average Bonchev–Trinajstić information content (AvgIpc) is 4.04. The van der Waals surface area contributed by atoms with Gasteiger partial charge in [-0.2, -0.15) is 5.10 Å². The second-order valence-corrected chi connectivity index (χ2v) is 18.9. The lowest BCUT2D eigenvalue weighted by molar-refractivity contribution is -0.131. The first kappa shape index (κ1) is 38.5. The van der Waals surface area contributed by atoms with Crippen molar-refractivity contribution in [1.82, 2.24) is 14.8 Å². The van der Waals surface area contributed by atoms with E-state index in [9.17, 15) is 14.7 Å². The van der Waals surface area contributed by atoms with Crippen molar-refractivity contribution in [2.24, 2.45) is 36.1 Å². The van der Waals surface area contributed by atoms with Gasteiger partial charge >= 0.3 is 0 Å². The summed E-state index contributed by atoms with van der Waals surface area (Å²) in [6.45, 7) is 7.52. The summed E-state index contributed by atoms with van der Waals surface area (Å²) < 4.78 is 8.60. The molecule has 7 aromatic rings. The predicted molar refractivity (Wildman–Crippen MR) is 238 cm³/mol. The van der Waals surface area contributed by atoms with Crippen molar-refractivity contribution in [3.63, 3.8) is 0 Å². The second kappa shape index (κ2) is 13.6. The molecule has 310 valence electrons. The molecule has 1 N–H and O–H groups in total. The van der Waals surface area contributed by atoms with Crippen LogP contribution in [-0.4, -0.2) is 43.5 Å². The fourth-order valence-corrected chi connectivity index (χ4v) is 12.3. The van der Waals surface area contributed by atoms with Crippen LogP contribution in [0.2, 0.25) is 5.02 Å². The number of hydrogen-bond acceptors (Lipinski definition) is 9. The van der Waals surface area contributed by atoms with Gasteiger partial charge in [0.15, 0.2) is 5.58 Å². The number of anilines is 2. The van der Waals surface area contributed by atoms with Crippen LogP contribution >= 0.6 is 22.9 Å². The van der Waals surface area contributed by atoms with Gasteiger partial charge in [-0.05, 0) is 129 Å². The Kier molecular flexibility index (Phi) is 8.43. The van der Waals surface area contributed by atoms with E-state index in [0.29, 0.717) is 56.8 Å². The maximum absolute atomic E-state index is 15.3. The van der Waals surface area contributed by atoms with Crippen molar-refractivity contribution in [2.45, 2.75) is 46.5 Å². The third kappa shape index (κ3) is 5.35. The summed E-state index contributed by atoms with van der Waals surface area (Å²) >= 11 is 7.93. The molecule has 2 saturated heterocycles. The highest BCUT2D eigenvalue weighted by atomic mass is 35.5. The summed E-state index contributed by atoms with van der Waals surface area (Å²) in [5, 5.41) is 17.4. The van der Waals surface area contributed by atoms with Crippen molar-refractivity contribution < 1.29 is 28.7 Å². The van der Waals surface area contributed by atoms with Gasteiger partial charge in [0.25, 0.3) is 0 Å². The summed E-state index contributed by atoms with van der Waals surface area (Å²) in [5.41, 5.74) is 5.84. The van der Waals surface area contributed by atoms with Crippen LogP contribution in [0.1, 0.15) is 47.9 Å². The number of thiophene rings is 1. The molecule has 13 heteroatoms. The maximum Gasteiger partial charge on any atom is 0.242 e. The number of allylic oxidation sites excluding steroid dienone is 2. The van der Waals surface area contributed by atoms with Gasteiger partial charge in [0.2, 0.25) is 29.5 Å². The Labute approximate surface area is 365 Å². The van der Waals surface area contributed by atoms with E-state index in [1.54, 1.807) is 53.4 Å². The Morgan fingerprint density at radius 2 is 1.61 bits per heavy atom. The number of nitrogens with zero attached hydrogens (tertiary/aromatic N) is 5. The molecule has 6 unspecified atom stereocenters. The zero-order valence-corrected chi connectivity index (χ0v) is 36.0. The molecule has 11 nitrogen and oxygen atoms in total. The molecule has 3 fully saturated rings. The van der Waals surface area contributed by atoms with Crippen LogP contribution in [0.25, 0.3) is 43.2 Å². The number of benzene rings is 4. The van der Waals surface area contributed by atoms with Crippen LogP contribution < -0.4 is 9.80 Å². The van der Waals surface area contributed by atoms with Crippen LogP contribution in [0.5, 0.6) is 5.75 Å². The van der Waals surface area contributed by atoms with E-state index < -0.39 is 35.0 Å². The number of phenols is 1. The summed E-state index contributed by atoms with van der Waals surface area (Å²) in [6, 6.07) is 25.9. The fourth-order valence-electron chi connectivity index (χ4n) is 11.0. The molecule has 1 saturated carbocycles. The molecule has 11 rings (SSSR count). The highest BCUT2D eigenvalue weighted by molar-refractivity contribution is 7.22. The fraction of sp³-hybridized carbons (Fsp3) is 0.265. The van der Waals surface area contributed by atoms with Crippen molar-refractivity contribution in [1.29, 1.82) is 0 Å². The van der Waals surface area contributed by atoms with E-state index in [2.05, 4.69) is 4.98 Å². The molecule has 0 radical (unpaired) electrons. The number of halogens is 1. The number of amides is 4. The largest absolute Gasteiger partial charge is 0.507 e. The van der Waals surface area contributed by atoms with Gasteiger partial charge in [-0.1, -0.05) is 47.5 Å². The smallest absolute Gasteiger partial charge is 0.242 e. The molecule has 6 atom stereocenters. The van der Waals surface area contributed by atoms with Crippen LogP contribution in [0.4, 0.5) is 11.5 Å². The van der Waals surface area contributed by atoms with E-state index >= 15 is 9.59 Å². The minimum Gasteiger partial charge on any atom is -0.507 e. The predicted octanol–water partition coefficient (Wildman–Crippen LogP) is 9.83. The first-order chi connectivity index (χ1) is 29.7. The van der Waals surface area contributed by atoms with Gasteiger partial charge in [-0.15, -0.1) is 11.3 Å². The number of carbonyl (C=O) groups is 4. The Morgan fingerprint density at radius 1 is 0.871 bits per heavy atom. The molecule has 2 aliphatic heterocycles. The lowest BCUT2D eigenvalue weighted by atomic mass is 9.51. The van der Waals surface area contributed by atoms with Crippen molar-refractivity contribution >= 4 is 79.3 Å². The van der Waals surface area contributed by atoms with Gasteiger partial charge in [-0.3, -0.25) is 28.8 Å². The second-order valence-electron chi connectivity index (χ2n) is 17.4. The number of aryl methyl sites for hydroxylation is 4. The van der Waals surface area contributed by atoms with Crippen LogP contribution in [0.3, 0.4) is 0 Å². The summed E-state index contributed by atoms with van der Waals surface area (Å²) in [6.07, 6.45) is 2.56. The van der Waals surface area contributed by atoms with Gasteiger partial charge in [0.05, 0.1) is 33.7 Å². The Morgan fingerprint density at radius 3 is 2.35 bits per heavy atom. The van der Waals surface area contributed by atoms with Crippen LogP contribution in [0.15, 0.2) is 101 Å². The van der Waals surface area contributed by atoms with Gasteiger partial charge in [-0.25, -0.2) is 9.88 Å². The normalized spacial score (nSPS) is 24.6. The minimum atomic E-state index is -1.26. The quantitative estimate of drug-likeness (QED) is 0.133. The maximum atomic E-state index is 15.3. The summed E-state index contributed by atoms with van der Waals surface area (Å²) in [4.78, 5) is 67.6. The molecule has 5 heterocycles. The Hall–Kier alpha value is -6.37. The molecular weight excluding hydrogens is 822 g/mol. The molecule has 4 amide bonds. The van der Waals surface area contributed by atoms with Crippen molar-refractivity contribution in [3.05, 3.63) is 124 Å². The van der Waals surface area contributed by atoms with Gasteiger partial charge in [0, 0.05) is 34.3 Å². The highest BCUT2D eigenvalue weighted by Crippen LogP contribution is 2.64. The third-order valence-corrected chi connectivity index (χ3v) is 15.5. The number of aromatic hydroxyl groups is 1. The molecule has 0 bridgehead atoms. The molecule has 2 aliphatic carbocycles. The molecule has 0 spiro atoms. The number of aromatic nitrogens is 3. The molecule has 3 aromatic heterocycles. The standard InChI is InChI=1S/C49H40ClN5O6S/c1-23-18-27(19-24(2)42(23)56)41-30-15-16-31-40(47(59)54(45(31)57)29-13-10-26(11-14-29)44-51-35-8-6-7-9-37(35)61-44)33(30)21-34-46(58)55(48(60)49(34,41)4)39-22-36(52-53(39)5)43-25(3)32-20-28(50)12-17-38(32)62-43/h6-15,17-20,22,31,33-34,40-41,56H,16,21H2,1-5H3. The lowest BCUT2D eigenvalue weighted by Gasteiger charge is -2.49. The first-order valence-corrected chi connectivity index (χ1v) is 21.9. The highest BCUT2D eigenvalue weighted by Gasteiger charge is 2.68. The molecule has 4 aromatic carbocycles. The molecular formula is C49H40ClN5O6S. The average molecular weight is 862 g/mol. The number of para-hydroxylation sites is 2. The SMILES string of the molecule is Cc1cc(C2C3=CCC4C(=O)N(c5ccc(-c6nc7ccccc7o6)cc5)C(=O)C4C3CC3C(=O)N(c4cc(-c5sc6ccc(Cl)cc6c5C)nn4C)C(=O)C32C)cc(C)c1O. The van der Waals surface area contributed by atoms with Crippen LogP contribution in [-0.2, 0) is 26.2 Å². The summed E-state index contributed by atoms with van der Waals surface area (Å²) in [7, 11) is 1.73. The van der Waals surface area contributed by atoms with Gasteiger partial charge < -0.3 is 9.52 Å². The number of phenolic OH excluding ortho intramolecular Hbond substituents is 1. The van der Waals surface area contributed by atoms with E-state index in [1.165, 1.54) is 9.80 Å².